The van der Waals surface area contributed by atoms with Crippen LogP contribution < -0.4 is 4.74 Å². The predicted octanol–water partition coefficient (Wildman–Crippen LogP) is 4.84. The van der Waals surface area contributed by atoms with Gasteiger partial charge in [-0.3, -0.25) is 4.98 Å². The standard InChI is InChI=1S/C19H27N3O/c1-3-5-7-9-17-11-10-16(13-20-17)19-21-14-18(15-22-19)23-12-8-6-4-2/h10-11,13-15H,3-9,12H2,1-2H3. The summed E-state index contributed by atoms with van der Waals surface area (Å²) in [6.45, 7) is 5.12. The minimum Gasteiger partial charge on any atom is -0.490 e. The SMILES string of the molecule is CCCCCOc1cnc(-c2ccc(CCCCC)nc2)nc1. The van der Waals surface area contributed by atoms with Gasteiger partial charge in [-0.1, -0.05) is 39.5 Å². The zero-order valence-corrected chi connectivity index (χ0v) is 14.3. The molecule has 2 aromatic heterocycles. The van der Waals surface area contributed by atoms with Crippen LogP contribution in [0.2, 0.25) is 0 Å². The van der Waals surface area contributed by atoms with Gasteiger partial charge in [-0.05, 0) is 31.4 Å². The van der Waals surface area contributed by atoms with Gasteiger partial charge in [-0.15, -0.1) is 0 Å². The van der Waals surface area contributed by atoms with E-state index in [4.69, 9.17) is 4.74 Å². The van der Waals surface area contributed by atoms with Crippen molar-refractivity contribution in [2.45, 2.75) is 58.8 Å². The maximum absolute atomic E-state index is 5.63. The average molecular weight is 313 g/mol. The van der Waals surface area contributed by atoms with Crippen molar-refractivity contribution in [1.82, 2.24) is 15.0 Å². The van der Waals surface area contributed by atoms with Crippen LogP contribution in [0.5, 0.6) is 5.75 Å². The van der Waals surface area contributed by atoms with Gasteiger partial charge in [0.15, 0.2) is 11.6 Å². The fourth-order valence-electron chi connectivity index (χ4n) is 2.34. The van der Waals surface area contributed by atoms with Crippen molar-refractivity contribution in [1.29, 1.82) is 0 Å². The van der Waals surface area contributed by atoms with Gasteiger partial charge < -0.3 is 4.74 Å². The fourth-order valence-corrected chi connectivity index (χ4v) is 2.34. The molecule has 23 heavy (non-hydrogen) atoms. The lowest BCUT2D eigenvalue weighted by molar-refractivity contribution is 0.304. The molecule has 0 aliphatic carbocycles. The van der Waals surface area contributed by atoms with E-state index in [1.807, 2.05) is 12.3 Å². The summed E-state index contributed by atoms with van der Waals surface area (Å²) in [5.74, 6) is 1.42. The summed E-state index contributed by atoms with van der Waals surface area (Å²) in [6.07, 6.45) is 13.5. The van der Waals surface area contributed by atoms with Crippen LogP contribution in [-0.4, -0.2) is 21.6 Å². The van der Waals surface area contributed by atoms with Crippen molar-refractivity contribution >= 4 is 0 Å². The minimum absolute atomic E-state index is 0.693. The molecule has 4 heteroatoms. The average Bonchev–Trinajstić information content (AvgIpc) is 2.60. The zero-order valence-electron chi connectivity index (χ0n) is 14.3. The monoisotopic (exact) mass is 313 g/mol. The van der Waals surface area contributed by atoms with E-state index in [-0.39, 0.29) is 0 Å². The molecule has 4 nitrogen and oxygen atoms in total. The first kappa shape index (κ1) is 17.4. The Hall–Kier alpha value is -1.97. The highest BCUT2D eigenvalue weighted by atomic mass is 16.5. The first-order valence-electron chi connectivity index (χ1n) is 8.73. The largest absolute Gasteiger partial charge is 0.490 e. The third-order valence-electron chi connectivity index (χ3n) is 3.76. The van der Waals surface area contributed by atoms with Gasteiger partial charge in [0.25, 0.3) is 0 Å². The van der Waals surface area contributed by atoms with Crippen LogP contribution in [0.25, 0.3) is 11.4 Å². The van der Waals surface area contributed by atoms with Crippen LogP contribution in [-0.2, 0) is 6.42 Å². The molecular weight excluding hydrogens is 286 g/mol. The number of aryl methyl sites for hydroxylation is 1. The predicted molar refractivity (Wildman–Crippen MR) is 93.5 cm³/mol. The number of nitrogens with zero attached hydrogens (tertiary/aromatic N) is 3. The van der Waals surface area contributed by atoms with E-state index < -0.39 is 0 Å². The highest BCUT2D eigenvalue weighted by Gasteiger charge is 2.03. The summed E-state index contributed by atoms with van der Waals surface area (Å²) in [6, 6.07) is 4.12. The van der Waals surface area contributed by atoms with Crippen molar-refractivity contribution in [3.63, 3.8) is 0 Å². The molecule has 2 aromatic rings. The molecule has 124 valence electrons. The molecular formula is C19H27N3O. The van der Waals surface area contributed by atoms with E-state index in [1.54, 1.807) is 12.4 Å². The number of ether oxygens (including phenoxy) is 1. The second kappa shape index (κ2) is 9.93. The lowest BCUT2D eigenvalue weighted by atomic mass is 10.1. The topological polar surface area (TPSA) is 47.9 Å². The summed E-state index contributed by atoms with van der Waals surface area (Å²) in [7, 11) is 0. The van der Waals surface area contributed by atoms with Crippen molar-refractivity contribution in [2.24, 2.45) is 0 Å². The third-order valence-corrected chi connectivity index (χ3v) is 3.76. The zero-order chi connectivity index (χ0) is 16.3. The number of hydrogen-bond acceptors (Lipinski definition) is 4. The lowest BCUT2D eigenvalue weighted by Gasteiger charge is -2.06. The summed E-state index contributed by atoms with van der Waals surface area (Å²) in [5.41, 5.74) is 2.08. The van der Waals surface area contributed by atoms with Gasteiger partial charge in [-0.25, -0.2) is 9.97 Å². The summed E-state index contributed by atoms with van der Waals surface area (Å²) >= 11 is 0. The molecule has 0 amide bonds. The van der Waals surface area contributed by atoms with E-state index in [0.29, 0.717) is 5.82 Å². The van der Waals surface area contributed by atoms with E-state index in [1.165, 1.54) is 32.1 Å². The Bertz CT molecular complexity index is 552. The Labute approximate surface area is 139 Å². The number of unbranched alkanes of at least 4 members (excludes halogenated alkanes) is 4. The fraction of sp³-hybridized carbons (Fsp3) is 0.526. The number of hydrogen-bond donors (Lipinski definition) is 0. The van der Waals surface area contributed by atoms with Crippen LogP contribution in [0.1, 0.15) is 58.1 Å². The van der Waals surface area contributed by atoms with Crippen LogP contribution in [0.4, 0.5) is 0 Å². The Morgan fingerprint density at radius 2 is 1.57 bits per heavy atom. The second-order valence-corrected chi connectivity index (χ2v) is 5.79. The van der Waals surface area contributed by atoms with E-state index in [9.17, 15) is 0 Å². The Kier molecular flexibility index (Phi) is 7.50. The highest BCUT2D eigenvalue weighted by Crippen LogP contribution is 2.17. The van der Waals surface area contributed by atoms with E-state index in [0.717, 1.165) is 36.5 Å². The quantitative estimate of drug-likeness (QED) is 0.589. The minimum atomic E-state index is 0.693. The lowest BCUT2D eigenvalue weighted by Crippen LogP contribution is -1.99. The number of rotatable bonds is 10. The number of aromatic nitrogens is 3. The summed E-state index contributed by atoms with van der Waals surface area (Å²) in [4.78, 5) is 13.3. The number of pyridine rings is 1. The van der Waals surface area contributed by atoms with Gasteiger partial charge in [-0.2, -0.15) is 0 Å². The molecule has 0 unspecified atom stereocenters. The van der Waals surface area contributed by atoms with E-state index >= 15 is 0 Å². The van der Waals surface area contributed by atoms with Gasteiger partial charge in [0.1, 0.15) is 0 Å². The van der Waals surface area contributed by atoms with Gasteiger partial charge in [0, 0.05) is 17.5 Å². The molecule has 0 N–H and O–H groups in total. The molecule has 0 bridgehead atoms. The van der Waals surface area contributed by atoms with Gasteiger partial charge in [0.05, 0.1) is 19.0 Å². The first-order chi connectivity index (χ1) is 11.3. The molecule has 0 spiro atoms. The van der Waals surface area contributed by atoms with Crippen LogP contribution in [0, 0.1) is 0 Å². The van der Waals surface area contributed by atoms with Crippen molar-refractivity contribution in [2.75, 3.05) is 6.61 Å². The van der Waals surface area contributed by atoms with Crippen LogP contribution in [0.3, 0.4) is 0 Å². The maximum atomic E-state index is 5.63. The summed E-state index contributed by atoms with van der Waals surface area (Å²) in [5, 5.41) is 0. The van der Waals surface area contributed by atoms with Crippen molar-refractivity contribution < 1.29 is 4.74 Å². The van der Waals surface area contributed by atoms with Crippen LogP contribution >= 0.6 is 0 Å². The Morgan fingerprint density at radius 1 is 0.826 bits per heavy atom. The van der Waals surface area contributed by atoms with Crippen LogP contribution in [0.15, 0.2) is 30.7 Å². The highest BCUT2D eigenvalue weighted by molar-refractivity contribution is 5.53. The molecule has 2 heterocycles. The smallest absolute Gasteiger partial charge is 0.160 e. The molecule has 0 aromatic carbocycles. The molecule has 0 saturated heterocycles. The van der Waals surface area contributed by atoms with Crippen molar-refractivity contribution in [3.05, 3.63) is 36.4 Å². The Morgan fingerprint density at radius 3 is 2.22 bits per heavy atom. The molecule has 0 atom stereocenters. The third kappa shape index (κ3) is 5.97. The normalized spacial score (nSPS) is 10.7. The molecule has 2 rings (SSSR count). The second-order valence-electron chi connectivity index (χ2n) is 5.79. The Balaban J connectivity index is 1.88. The van der Waals surface area contributed by atoms with Gasteiger partial charge in [0.2, 0.25) is 0 Å². The summed E-state index contributed by atoms with van der Waals surface area (Å²) < 4.78 is 5.63. The molecule has 0 radical (unpaired) electrons. The first-order valence-corrected chi connectivity index (χ1v) is 8.73. The van der Waals surface area contributed by atoms with Crippen molar-refractivity contribution in [3.8, 4) is 17.1 Å². The maximum Gasteiger partial charge on any atom is 0.160 e. The van der Waals surface area contributed by atoms with Gasteiger partial charge >= 0.3 is 0 Å². The molecule has 0 saturated carbocycles. The molecule has 0 fully saturated rings. The molecule has 0 aliphatic heterocycles. The van der Waals surface area contributed by atoms with E-state index in [2.05, 4.69) is 34.9 Å². The molecule has 0 aliphatic rings.